The molecule has 1 aromatic carbocycles. The van der Waals surface area contributed by atoms with E-state index in [1.165, 1.54) is 12.1 Å². The van der Waals surface area contributed by atoms with Crippen LogP contribution in [-0.2, 0) is 17.7 Å². The third-order valence-electron chi connectivity index (χ3n) is 2.98. The van der Waals surface area contributed by atoms with Crippen molar-refractivity contribution in [1.29, 1.82) is 0 Å². The molecule has 0 saturated carbocycles. The number of fused-ring (bicyclic) bond motifs is 1. The first-order chi connectivity index (χ1) is 9.26. The molecule has 3 nitrogen and oxygen atoms in total. The number of aromatic nitrogens is 2. The molecule has 0 aliphatic carbocycles. The van der Waals surface area contributed by atoms with Gasteiger partial charge in [0.15, 0.2) is 0 Å². The quantitative estimate of drug-likeness (QED) is 0.576. The number of hydrogen-bond donors (Lipinski definition) is 0. The third kappa shape index (κ3) is 3.45. The van der Waals surface area contributed by atoms with Crippen LogP contribution < -0.4 is 0 Å². The van der Waals surface area contributed by atoms with Crippen LogP contribution in [-0.4, -0.2) is 28.6 Å². The maximum Gasteiger partial charge on any atom is 0.125 e. The number of nitrogens with zero attached hydrogens (tertiary/aromatic N) is 2. The molecule has 0 atom stereocenters. The lowest BCUT2D eigenvalue weighted by molar-refractivity contribution is 0.141. The predicted octanol–water partition coefficient (Wildman–Crippen LogP) is 3.38. The highest BCUT2D eigenvalue weighted by Crippen LogP contribution is 2.18. The first-order valence-corrected chi connectivity index (χ1v) is 7.08. The Balaban J connectivity index is 2.24. The number of hydrogen-bond acceptors (Lipinski definition) is 2. The van der Waals surface area contributed by atoms with E-state index in [1.54, 1.807) is 6.07 Å². The summed E-state index contributed by atoms with van der Waals surface area (Å²) in [5, 5.41) is 0. The van der Waals surface area contributed by atoms with Crippen molar-refractivity contribution in [2.45, 2.75) is 26.3 Å². The summed E-state index contributed by atoms with van der Waals surface area (Å²) in [4.78, 5) is 4.46. The Bertz CT molecular complexity index is 541. The average molecular weight is 285 g/mol. The summed E-state index contributed by atoms with van der Waals surface area (Å²) in [7, 11) is 0. The SMILES string of the molecule is CCOCCCn1c(CCCl)nc2cc(F)ccc21. The predicted molar refractivity (Wildman–Crippen MR) is 75.2 cm³/mol. The first-order valence-electron chi connectivity index (χ1n) is 6.54. The molecule has 0 unspecified atom stereocenters. The second-order valence-electron chi connectivity index (χ2n) is 4.30. The molecule has 0 N–H and O–H groups in total. The van der Waals surface area contributed by atoms with Gasteiger partial charge in [-0.15, -0.1) is 11.6 Å². The van der Waals surface area contributed by atoms with Crippen molar-refractivity contribution in [2.24, 2.45) is 0 Å². The van der Waals surface area contributed by atoms with Crippen LogP contribution in [0, 0.1) is 5.82 Å². The monoisotopic (exact) mass is 284 g/mol. The van der Waals surface area contributed by atoms with Crippen LogP contribution in [0.2, 0.25) is 0 Å². The lowest BCUT2D eigenvalue weighted by Gasteiger charge is -2.08. The summed E-state index contributed by atoms with van der Waals surface area (Å²) in [5.74, 6) is 1.16. The van der Waals surface area contributed by atoms with Gasteiger partial charge in [0.1, 0.15) is 11.6 Å². The molecule has 1 aromatic heterocycles. The second-order valence-corrected chi connectivity index (χ2v) is 4.68. The molecule has 0 bridgehead atoms. The van der Waals surface area contributed by atoms with Gasteiger partial charge in [-0.25, -0.2) is 9.37 Å². The third-order valence-corrected chi connectivity index (χ3v) is 3.17. The summed E-state index contributed by atoms with van der Waals surface area (Å²) < 4.78 is 20.7. The molecule has 2 rings (SSSR count). The van der Waals surface area contributed by atoms with E-state index in [9.17, 15) is 4.39 Å². The van der Waals surface area contributed by atoms with Crippen LogP contribution in [0.15, 0.2) is 18.2 Å². The minimum atomic E-state index is -0.260. The maximum absolute atomic E-state index is 13.2. The molecule has 0 spiro atoms. The molecule has 1 heterocycles. The Hall–Kier alpha value is -1.13. The van der Waals surface area contributed by atoms with Gasteiger partial charge in [-0.1, -0.05) is 0 Å². The fourth-order valence-corrected chi connectivity index (χ4v) is 2.32. The van der Waals surface area contributed by atoms with Gasteiger partial charge >= 0.3 is 0 Å². The summed E-state index contributed by atoms with van der Waals surface area (Å²) in [6, 6.07) is 4.70. The van der Waals surface area contributed by atoms with Crippen molar-refractivity contribution >= 4 is 22.6 Å². The normalized spacial score (nSPS) is 11.3. The highest BCUT2D eigenvalue weighted by molar-refractivity contribution is 6.17. The molecule has 19 heavy (non-hydrogen) atoms. The summed E-state index contributed by atoms with van der Waals surface area (Å²) in [6.07, 6.45) is 1.60. The lowest BCUT2D eigenvalue weighted by atomic mass is 10.3. The van der Waals surface area contributed by atoms with Gasteiger partial charge in [0.2, 0.25) is 0 Å². The van der Waals surface area contributed by atoms with E-state index in [0.29, 0.717) is 17.8 Å². The van der Waals surface area contributed by atoms with Crippen molar-refractivity contribution in [3.63, 3.8) is 0 Å². The molecule has 0 radical (unpaired) electrons. The van der Waals surface area contributed by atoms with Crippen LogP contribution in [0.5, 0.6) is 0 Å². The molecule has 2 aromatic rings. The largest absolute Gasteiger partial charge is 0.382 e. The van der Waals surface area contributed by atoms with Gasteiger partial charge in [-0.2, -0.15) is 0 Å². The lowest BCUT2D eigenvalue weighted by Crippen LogP contribution is -2.07. The van der Waals surface area contributed by atoms with Gasteiger partial charge in [0.05, 0.1) is 11.0 Å². The minimum absolute atomic E-state index is 0.260. The number of alkyl halides is 1. The molecule has 0 amide bonds. The molecule has 0 saturated heterocycles. The highest BCUT2D eigenvalue weighted by Gasteiger charge is 2.10. The van der Waals surface area contributed by atoms with Crippen molar-refractivity contribution in [1.82, 2.24) is 9.55 Å². The van der Waals surface area contributed by atoms with Crippen LogP contribution in [0.3, 0.4) is 0 Å². The van der Waals surface area contributed by atoms with E-state index in [-0.39, 0.29) is 5.82 Å². The Morgan fingerprint density at radius 2 is 2.26 bits per heavy atom. The summed E-state index contributed by atoms with van der Waals surface area (Å²) in [5.41, 5.74) is 1.65. The number of aryl methyl sites for hydroxylation is 2. The molecule has 0 aliphatic heterocycles. The zero-order chi connectivity index (χ0) is 13.7. The Kier molecular flexibility index (Phi) is 5.16. The number of halogens is 2. The Labute approximate surface area is 117 Å². The first kappa shape index (κ1) is 14.3. The van der Waals surface area contributed by atoms with Crippen LogP contribution in [0.1, 0.15) is 19.2 Å². The van der Waals surface area contributed by atoms with E-state index in [4.69, 9.17) is 16.3 Å². The van der Waals surface area contributed by atoms with Crippen LogP contribution in [0.25, 0.3) is 11.0 Å². The summed E-state index contributed by atoms with van der Waals surface area (Å²) in [6.45, 7) is 4.24. The van der Waals surface area contributed by atoms with Crippen molar-refractivity contribution in [3.8, 4) is 0 Å². The van der Waals surface area contributed by atoms with Gasteiger partial charge in [-0.05, 0) is 25.5 Å². The number of benzene rings is 1. The van der Waals surface area contributed by atoms with Gasteiger partial charge in [-0.3, -0.25) is 0 Å². The number of imidazole rings is 1. The molecular weight excluding hydrogens is 267 g/mol. The average Bonchev–Trinajstić information content (AvgIpc) is 2.72. The number of rotatable bonds is 7. The Morgan fingerprint density at radius 3 is 3.00 bits per heavy atom. The molecule has 0 fully saturated rings. The smallest absolute Gasteiger partial charge is 0.125 e. The Morgan fingerprint density at radius 1 is 1.42 bits per heavy atom. The van der Waals surface area contributed by atoms with E-state index in [2.05, 4.69) is 9.55 Å². The van der Waals surface area contributed by atoms with Gasteiger partial charge in [0.25, 0.3) is 0 Å². The molecule has 104 valence electrons. The standard InChI is InChI=1S/C14H18ClFN2O/c1-2-19-9-3-8-18-13-5-4-11(16)10-12(13)17-14(18)6-7-15/h4-5,10H,2-3,6-9H2,1H3. The van der Waals surface area contributed by atoms with Gasteiger partial charge in [0, 0.05) is 38.1 Å². The van der Waals surface area contributed by atoms with Crippen molar-refractivity contribution < 1.29 is 9.13 Å². The fourth-order valence-electron chi connectivity index (χ4n) is 2.15. The maximum atomic E-state index is 13.2. The molecular formula is C14H18ClFN2O. The van der Waals surface area contributed by atoms with E-state index < -0.39 is 0 Å². The zero-order valence-electron chi connectivity index (χ0n) is 11.0. The molecule has 5 heteroatoms. The van der Waals surface area contributed by atoms with Crippen LogP contribution >= 0.6 is 11.6 Å². The second kappa shape index (κ2) is 6.87. The van der Waals surface area contributed by atoms with Crippen molar-refractivity contribution in [3.05, 3.63) is 29.8 Å². The van der Waals surface area contributed by atoms with E-state index in [1.807, 2.05) is 6.92 Å². The fraction of sp³-hybridized carbons (Fsp3) is 0.500. The minimum Gasteiger partial charge on any atom is -0.382 e. The van der Waals surface area contributed by atoms with E-state index >= 15 is 0 Å². The highest BCUT2D eigenvalue weighted by atomic mass is 35.5. The van der Waals surface area contributed by atoms with Crippen molar-refractivity contribution in [2.75, 3.05) is 19.1 Å². The van der Waals surface area contributed by atoms with E-state index in [0.717, 1.165) is 37.5 Å². The van der Waals surface area contributed by atoms with Crippen LogP contribution in [0.4, 0.5) is 4.39 Å². The number of ether oxygens (including phenoxy) is 1. The molecule has 0 aliphatic rings. The topological polar surface area (TPSA) is 27.1 Å². The summed E-state index contributed by atoms with van der Waals surface area (Å²) >= 11 is 5.80. The van der Waals surface area contributed by atoms with Gasteiger partial charge < -0.3 is 9.30 Å². The zero-order valence-corrected chi connectivity index (χ0v) is 11.8.